The fraction of sp³-hybridized carbons (Fsp3) is 0.444. The molecular weight excluding hydrogens is 138 g/mol. The van der Waals surface area contributed by atoms with Gasteiger partial charge in [-0.05, 0) is 12.8 Å². The smallest absolute Gasteiger partial charge is 0.122 e. The van der Waals surface area contributed by atoms with E-state index in [1.807, 2.05) is 20.8 Å². The van der Waals surface area contributed by atoms with Crippen molar-refractivity contribution in [3.8, 4) is 5.75 Å². The van der Waals surface area contributed by atoms with Crippen LogP contribution in [0.5, 0.6) is 5.75 Å². The number of pyridine rings is 1. The molecule has 0 aliphatic heterocycles. The summed E-state index contributed by atoms with van der Waals surface area (Å²) in [6, 6.07) is 1.69. The molecule has 0 spiro atoms. The normalized spacial score (nSPS) is 10.5. The summed E-state index contributed by atoms with van der Waals surface area (Å²) in [5, 5.41) is 9.42. The van der Waals surface area contributed by atoms with Crippen LogP contribution < -0.4 is 0 Å². The van der Waals surface area contributed by atoms with E-state index in [-0.39, 0.29) is 0 Å². The molecule has 1 aromatic rings. The van der Waals surface area contributed by atoms with E-state index >= 15 is 0 Å². The van der Waals surface area contributed by atoms with Crippen LogP contribution in [-0.2, 0) is 0 Å². The van der Waals surface area contributed by atoms with Gasteiger partial charge >= 0.3 is 0 Å². The van der Waals surface area contributed by atoms with E-state index < -0.39 is 0 Å². The van der Waals surface area contributed by atoms with E-state index in [1.165, 1.54) is 0 Å². The molecule has 0 radical (unpaired) electrons. The van der Waals surface area contributed by atoms with Crippen LogP contribution in [0.3, 0.4) is 0 Å². The second-order valence-corrected chi connectivity index (χ2v) is 3.04. The molecule has 0 unspecified atom stereocenters. The molecule has 1 heterocycles. The average Bonchev–Trinajstić information content (AvgIpc) is 1.85. The molecule has 0 saturated heterocycles. The fourth-order valence-electron chi connectivity index (χ4n) is 1.00. The number of rotatable bonds is 1. The van der Waals surface area contributed by atoms with Gasteiger partial charge in [0.2, 0.25) is 0 Å². The zero-order valence-corrected chi connectivity index (χ0v) is 7.13. The lowest BCUT2D eigenvalue weighted by Gasteiger charge is -2.06. The summed E-state index contributed by atoms with van der Waals surface area (Å²) in [6.45, 7) is 5.93. The largest absolute Gasteiger partial charge is 0.508 e. The number of aryl methyl sites for hydroxylation is 1. The van der Waals surface area contributed by atoms with Crippen molar-refractivity contribution in [2.45, 2.75) is 26.7 Å². The maximum Gasteiger partial charge on any atom is 0.122 e. The van der Waals surface area contributed by atoms with Crippen molar-refractivity contribution >= 4 is 0 Å². The minimum Gasteiger partial charge on any atom is -0.508 e. The number of hydrogen-bond acceptors (Lipinski definition) is 2. The van der Waals surface area contributed by atoms with Gasteiger partial charge in [-0.25, -0.2) is 0 Å². The highest BCUT2D eigenvalue weighted by atomic mass is 16.3. The van der Waals surface area contributed by atoms with Crippen molar-refractivity contribution in [1.82, 2.24) is 4.98 Å². The molecule has 1 aromatic heterocycles. The second-order valence-electron chi connectivity index (χ2n) is 3.04. The van der Waals surface area contributed by atoms with Gasteiger partial charge in [-0.1, -0.05) is 13.8 Å². The molecular formula is C9H13NO. The van der Waals surface area contributed by atoms with Gasteiger partial charge in [0.05, 0.1) is 0 Å². The third-order valence-corrected chi connectivity index (χ3v) is 1.67. The highest BCUT2D eigenvalue weighted by Crippen LogP contribution is 2.24. The summed E-state index contributed by atoms with van der Waals surface area (Å²) in [4.78, 5) is 4.10. The Labute approximate surface area is 66.9 Å². The summed E-state index contributed by atoms with van der Waals surface area (Å²) >= 11 is 0. The van der Waals surface area contributed by atoms with Crippen LogP contribution >= 0.6 is 0 Å². The van der Waals surface area contributed by atoms with Crippen molar-refractivity contribution in [2.24, 2.45) is 0 Å². The first-order chi connectivity index (χ1) is 5.11. The molecule has 60 valence electrons. The van der Waals surface area contributed by atoms with Crippen LogP contribution in [0, 0.1) is 6.92 Å². The Kier molecular flexibility index (Phi) is 2.13. The lowest BCUT2D eigenvalue weighted by molar-refractivity contribution is 0.463. The minimum absolute atomic E-state index is 0.336. The van der Waals surface area contributed by atoms with Gasteiger partial charge in [0.1, 0.15) is 5.75 Å². The van der Waals surface area contributed by atoms with E-state index in [4.69, 9.17) is 0 Å². The molecule has 0 atom stereocenters. The lowest BCUT2D eigenvalue weighted by atomic mass is 10.0. The van der Waals surface area contributed by atoms with Crippen LogP contribution in [0.1, 0.15) is 31.0 Å². The average molecular weight is 151 g/mol. The van der Waals surface area contributed by atoms with Crippen LogP contribution in [0.15, 0.2) is 12.3 Å². The summed E-state index contributed by atoms with van der Waals surface area (Å²) < 4.78 is 0. The molecule has 0 amide bonds. The Hall–Kier alpha value is -1.05. The maximum atomic E-state index is 9.42. The third-order valence-electron chi connectivity index (χ3n) is 1.67. The standard InChI is InChI=1S/C9H13NO/c1-6(2)8-5-10-7(3)4-9(8)11/h4-6H,1-3H3,(H,10,11). The zero-order chi connectivity index (χ0) is 8.43. The van der Waals surface area contributed by atoms with Gasteiger partial charge in [0.15, 0.2) is 0 Å². The van der Waals surface area contributed by atoms with E-state index in [9.17, 15) is 5.11 Å². The molecule has 0 bridgehead atoms. The minimum atomic E-state index is 0.336. The fourth-order valence-corrected chi connectivity index (χ4v) is 1.00. The molecule has 0 aliphatic rings. The maximum absolute atomic E-state index is 9.42. The van der Waals surface area contributed by atoms with Crippen LogP contribution in [0.4, 0.5) is 0 Å². The van der Waals surface area contributed by atoms with Crippen molar-refractivity contribution < 1.29 is 5.11 Å². The number of hydrogen-bond donors (Lipinski definition) is 1. The Morgan fingerprint density at radius 3 is 2.55 bits per heavy atom. The first-order valence-electron chi connectivity index (χ1n) is 3.76. The third kappa shape index (κ3) is 1.70. The van der Waals surface area contributed by atoms with E-state index in [0.29, 0.717) is 11.7 Å². The lowest BCUT2D eigenvalue weighted by Crippen LogP contribution is -1.90. The van der Waals surface area contributed by atoms with E-state index in [2.05, 4.69) is 4.98 Å². The van der Waals surface area contributed by atoms with Gasteiger partial charge in [-0.15, -0.1) is 0 Å². The Morgan fingerprint density at radius 1 is 1.45 bits per heavy atom. The van der Waals surface area contributed by atoms with Crippen LogP contribution in [0.25, 0.3) is 0 Å². The Bertz CT molecular complexity index is 256. The first-order valence-corrected chi connectivity index (χ1v) is 3.76. The van der Waals surface area contributed by atoms with Gasteiger partial charge in [-0.3, -0.25) is 4.98 Å². The summed E-state index contributed by atoms with van der Waals surface area (Å²) in [5.74, 6) is 0.690. The van der Waals surface area contributed by atoms with Gasteiger partial charge in [0.25, 0.3) is 0 Å². The molecule has 0 fully saturated rings. The van der Waals surface area contributed by atoms with Crippen molar-refractivity contribution in [1.29, 1.82) is 0 Å². The quantitative estimate of drug-likeness (QED) is 0.667. The molecule has 0 aromatic carbocycles. The van der Waals surface area contributed by atoms with E-state index in [0.717, 1.165) is 11.3 Å². The molecule has 0 aliphatic carbocycles. The number of aromatic hydroxyl groups is 1. The summed E-state index contributed by atoms with van der Waals surface area (Å²) in [5.41, 5.74) is 1.77. The Balaban J connectivity index is 3.09. The highest BCUT2D eigenvalue weighted by molar-refractivity contribution is 5.33. The molecule has 1 rings (SSSR count). The monoisotopic (exact) mass is 151 g/mol. The van der Waals surface area contributed by atoms with Crippen molar-refractivity contribution in [2.75, 3.05) is 0 Å². The predicted octanol–water partition coefficient (Wildman–Crippen LogP) is 2.22. The van der Waals surface area contributed by atoms with Crippen LogP contribution in [0.2, 0.25) is 0 Å². The molecule has 2 heteroatoms. The van der Waals surface area contributed by atoms with Gasteiger partial charge < -0.3 is 5.11 Å². The number of aromatic nitrogens is 1. The SMILES string of the molecule is Cc1cc(O)c(C(C)C)cn1. The Morgan fingerprint density at radius 2 is 2.09 bits per heavy atom. The predicted molar refractivity (Wildman–Crippen MR) is 44.7 cm³/mol. The molecule has 11 heavy (non-hydrogen) atoms. The van der Waals surface area contributed by atoms with Crippen LogP contribution in [-0.4, -0.2) is 10.1 Å². The van der Waals surface area contributed by atoms with Gasteiger partial charge in [0, 0.05) is 23.5 Å². The molecule has 1 N–H and O–H groups in total. The zero-order valence-electron chi connectivity index (χ0n) is 7.13. The summed E-state index contributed by atoms with van der Waals surface area (Å²) in [7, 11) is 0. The van der Waals surface area contributed by atoms with Crippen molar-refractivity contribution in [3.63, 3.8) is 0 Å². The summed E-state index contributed by atoms with van der Waals surface area (Å²) in [6.07, 6.45) is 1.73. The van der Waals surface area contributed by atoms with Gasteiger partial charge in [-0.2, -0.15) is 0 Å². The van der Waals surface area contributed by atoms with E-state index in [1.54, 1.807) is 12.3 Å². The molecule has 2 nitrogen and oxygen atoms in total. The first kappa shape index (κ1) is 8.05. The van der Waals surface area contributed by atoms with Crippen molar-refractivity contribution in [3.05, 3.63) is 23.5 Å². The molecule has 0 saturated carbocycles. The topological polar surface area (TPSA) is 33.1 Å². The highest BCUT2D eigenvalue weighted by Gasteiger charge is 2.05. The second kappa shape index (κ2) is 2.91. The number of nitrogens with zero attached hydrogens (tertiary/aromatic N) is 1.